The first-order chi connectivity index (χ1) is 7.32. The Balaban J connectivity index is 4.95. The lowest BCUT2D eigenvalue weighted by Crippen LogP contribution is -2.22. The molecule has 0 aromatic carbocycles. The second kappa shape index (κ2) is 6.30. The van der Waals surface area contributed by atoms with Gasteiger partial charge in [-0.05, 0) is 19.3 Å². The molecule has 4 heteroatoms. The van der Waals surface area contributed by atoms with E-state index in [1.807, 2.05) is 20.8 Å². The maximum absolute atomic E-state index is 11.6. The van der Waals surface area contributed by atoms with Crippen LogP contribution in [-0.4, -0.2) is 25.2 Å². The molecule has 0 saturated heterocycles. The lowest BCUT2D eigenvalue weighted by Gasteiger charge is -2.20. The average molecular weight is 228 g/mol. The standard InChI is InChI=1S/C12H20O4/c1-6-15-10(13)8-9(12(3,4)5)11(14)16-7-2/h8H,6-7H2,1-5H3. The zero-order valence-corrected chi connectivity index (χ0v) is 10.6. The van der Waals surface area contributed by atoms with Crippen molar-refractivity contribution in [2.45, 2.75) is 34.6 Å². The second-order valence-corrected chi connectivity index (χ2v) is 4.28. The number of hydrogen-bond donors (Lipinski definition) is 0. The Bertz CT molecular complexity index is 284. The smallest absolute Gasteiger partial charge is 0.334 e. The zero-order chi connectivity index (χ0) is 12.8. The molecule has 0 bridgehead atoms. The van der Waals surface area contributed by atoms with Crippen molar-refractivity contribution in [3.05, 3.63) is 11.6 Å². The van der Waals surface area contributed by atoms with Crippen molar-refractivity contribution < 1.29 is 19.1 Å². The van der Waals surface area contributed by atoms with Crippen molar-refractivity contribution in [1.29, 1.82) is 0 Å². The minimum Gasteiger partial charge on any atom is -0.463 e. The van der Waals surface area contributed by atoms with Crippen molar-refractivity contribution in [3.8, 4) is 0 Å². The maximum Gasteiger partial charge on any atom is 0.334 e. The lowest BCUT2D eigenvalue weighted by molar-refractivity contribution is -0.141. The molecule has 0 rings (SSSR count). The maximum atomic E-state index is 11.6. The fraction of sp³-hybridized carbons (Fsp3) is 0.667. The van der Waals surface area contributed by atoms with Crippen LogP contribution in [0.4, 0.5) is 0 Å². The second-order valence-electron chi connectivity index (χ2n) is 4.28. The van der Waals surface area contributed by atoms with Gasteiger partial charge in [0.2, 0.25) is 0 Å². The van der Waals surface area contributed by atoms with E-state index in [4.69, 9.17) is 9.47 Å². The molecule has 0 N–H and O–H groups in total. The molecule has 0 aromatic rings. The van der Waals surface area contributed by atoms with Crippen LogP contribution in [0.5, 0.6) is 0 Å². The summed E-state index contributed by atoms with van der Waals surface area (Å²) in [5, 5.41) is 0. The summed E-state index contributed by atoms with van der Waals surface area (Å²) in [6.07, 6.45) is 1.21. The lowest BCUT2D eigenvalue weighted by atomic mass is 9.86. The van der Waals surface area contributed by atoms with Crippen molar-refractivity contribution in [2.75, 3.05) is 13.2 Å². The Labute approximate surface area is 96.6 Å². The number of carbonyl (C=O) groups is 2. The Morgan fingerprint density at radius 3 is 1.94 bits per heavy atom. The Hall–Kier alpha value is -1.32. The van der Waals surface area contributed by atoms with Gasteiger partial charge in [0.25, 0.3) is 0 Å². The first kappa shape index (κ1) is 14.7. The predicted molar refractivity (Wildman–Crippen MR) is 60.8 cm³/mol. The topological polar surface area (TPSA) is 52.6 Å². The highest BCUT2D eigenvalue weighted by atomic mass is 16.5. The summed E-state index contributed by atoms with van der Waals surface area (Å²) < 4.78 is 9.67. The first-order valence-electron chi connectivity index (χ1n) is 5.39. The minimum atomic E-state index is -0.513. The largest absolute Gasteiger partial charge is 0.463 e. The summed E-state index contributed by atoms with van der Waals surface area (Å²) in [5.41, 5.74) is -0.119. The molecule has 0 aliphatic carbocycles. The van der Waals surface area contributed by atoms with Gasteiger partial charge in [-0.1, -0.05) is 20.8 Å². The molecule has 0 amide bonds. The molecule has 0 heterocycles. The van der Waals surface area contributed by atoms with Crippen LogP contribution in [0.3, 0.4) is 0 Å². The third kappa shape index (κ3) is 4.96. The minimum absolute atomic E-state index is 0.287. The van der Waals surface area contributed by atoms with Crippen LogP contribution in [0.2, 0.25) is 0 Å². The highest BCUT2D eigenvalue weighted by molar-refractivity contribution is 5.97. The fourth-order valence-corrected chi connectivity index (χ4v) is 1.09. The summed E-state index contributed by atoms with van der Waals surface area (Å²) in [6, 6.07) is 0. The number of ether oxygens (including phenoxy) is 2. The van der Waals surface area contributed by atoms with E-state index < -0.39 is 17.4 Å². The summed E-state index contributed by atoms with van der Waals surface area (Å²) >= 11 is 0. The van der Waals surface area contributed by atoms with Crippen LogP contribution in [0.1, 0.15) is 34.6 Å². The number of rotatable bonds is 4. The number of hydrogen-bond acceptors (Lipinski definition) is 4. The molecule has 0 radical (unpaired) electrons. The number of esters is 2. The molecule has 0 spiro atoms. The van der Waals surface area contributed by atoms with Crippen molar-refractivity contribution in [1.82, 2.24) is 0 Å². The van der Waals surface area contributed by atoms with Crippen LogP contribution < -0.4 is 0 Å². The van der Waals surface area contributed by atoms with E-state index in [1.54, 1.807) is 13.8 Å². The van der Waals surface area contributed by atoms with E-state index in [9.17, 15) is 9.59 Å². The summed E-state index contributed by atoms with van der Waals surface area (Å²) in [7, 11) is 0. The third-order valence-electron chi connectivity index (χ3n) is 1.85. The van der Waals surface area contributed by atoms with Crippen molar-refractivity contribution in [3.63, 3.8) is 0 Å². The Morgan fingerprint density at radius 1 is 1.06 bits per heavy atom. The molecule has 0 aromatic heterocycles. The van der Waals surface area contributed by atoms with E-state index in [0.717, 1.165) is 0 Å². The molecular weight excluding hydrogens is 208 g/mol. The van der Waals surface area contributed by atoms with E-state index in [2.05, 4.69) is 0 Å². The van der Waals surface area contributed by atoms with Crippen molar-refractivity contribution in [2.24, 2.45) is 5.41 Å². The monoisotopic (exact) mass is 228 g/mol. The van der Waals surface area contributed by atoms with E-state index >= 15 is 0 Å². The van der Waals surface area contributed by atoms with Crippen LogP contribution >= 0.6 is 0 Å². The highest BCUT2D eigenvalue weighted by Gasteiger charge is 2.26. The normalized spacial score (nSPS) is 12.2. The fourth-order valence-electron chi connectivity index (χ4n) is 1.09. The third-order valence-corrected chi connectivity index (χ3v) is 1.85. The molecule has 0 saturated carbocycles. The summed E-state index contributed by atoms with van der Waals surface area (Å²) in [4.78, 5) is 22.9. The molecule has 92 valence electrons. The molecule has 0 atom stereocenters. The number of carbonyl (C=O) groups excluding carboxylic acids is 2. The quantitative estimate of drug-likeness (QED) is 0.546. The summed E-state index contributed by atoms with van der Waals surface area (Å²) in [6.45, 7) is 9.54. The van der Waals surface area contributed by atoms with Gasteiger partial charge in [0.1, 0.15) is 0 Å². The average Bonchev–Trinajstić information content (AvgIpc) is 2.13. The van der Waals surface area contributed by atoms with Gasteiger partial charge in [0, 0.05) is 11.6 Å². The van der Waals surface area contributed by atoms with Gasteiger partial charge in [-0.2, -0.15) is 0 Å². The van der Waals surface area contributed by atoms with E-state index in [0.29, 0.717) is 5.57 Å². The van der Waals surface area contributed by atoms with Crippen LogP contribution in [-0.2, 0) is 19.1 Å². The molecule has 0 unspecified atom stereocenters. The van der Waals surface area contributed by atoms with E-state index in [1.165, 1.54) is 6.08 Å². The van der Waals surface area contributed by atoms with Crippen LogP contribution in [0.25, 0.3) is 0 Å². The molecular formula is C12H20O4. The van der Waals surface area contributed by atoms with Crippen molar-refractivity contribution >= 4 is 11.9 Å². The van der Waals surface area contributed by atoms with Gasteiger partial charge in [-0.25, -0.2) is 9.59 Å². The Kier molecular flexibility index (Phi) is 5.78. The van der Waals surface area contributed by atoms with Crippen LogP contribution in [0.15, 0.2) is 11.6 Å². The van der Waals surface area contributed by atoms with Gasteiger partial charge in [0.15, 0.2) is 0 Å². The van der Waals surface area contributed by atoms with Gasteiger partial charge >= 0.3 is 11.9 Å². The Morgan fingerprint density at radius 2 is 1.56 bits per heavy atom. The first-order valence-corrected chi connectivity index (χ1v) is 5.39. The molecule has 0 aliphatic heterocycles. The van der Waals surface area contributed by atoms with Gasteiger partial charge in [-0.3, -0.25) is 0 Å². The zero-order valence-electron chi connectivity index (χ0n) is 10.6. The molecule has 0 fully saturated rings. The van der Waals surface area contributed by atoms with Gasteiger partial charge in [-0.15, -0.1) is 0 Å². The molecule has 0 aliphatic rings. The molecule has 16 heavy (non-hydrogen) atoms. The highest BCUT2D eigenvalue weighted by Crippen LogP contribution is 2.26. The summed E-state index contributed by atoms with van der Waals surface area (Å²) in [5.74, 6) is -0.983. The van der Waals surface area contributed by atoms with Gasteiger partial charge in [0.05, 0.1) is 13.2 Å². The van der Waals surface area contributed by atoms with Gasteiger partial charge < -0.3 is 9.47 Å². The molecule has 4 nitrogen and oxygen atoms in total. The van der Waals surface area contributed by atoms with Crippen LogP contribution in [0, 0.1) is 5.41 Å². The SMILES string of the molecule is CCOC(=O)C=C(C(=O)OCC)C(C)(C)C. The predicted octanol–water partition coefficient (Wildman–Crippen LogP) is 2.09. The van der Waals surface area contributed by atoms with E-state index in [-0.39, 0.29) is 13.2 Å².